The third-order valence-corrected chi connectivity index (χ3v) is 5.65. The Morgan fingerprint density at radius 2 is 1.71 bits per heavy atom. The molecule has 0 saturated carbocycles. The lowest BCUT2D eigenvalue weighted by atomic mass is 9.90. The number of urea groups is 1. The first-order chi connectivity index (χ1) is 14.8. The molecular weight excluding hydrogens is 397 g/mol. The van der Waals surface area contributed by atoms with E-state index in [0.29, 0.717) is 5.56 Å². The lowest BCUT2D eigenvalue weighted by Crippen LogP contribution is -2.43. The standard InChI is InChI=1S/C24H22FN3O3/c1-24(19-10-9-17-5-3-4-6-18(17)13-19)22(30)28(23(31)26-24)15-21(29)27(2)14-16-7-11-20(25)12-8-16/h3-13H,14-15H2,1-2H3,(H,26,31). The van der Waals surface area contributed by atoms with E-state index in [1.807, 2.05) is 42.5 Å². The minimum Gasteiger partial charge on any atom is -0.340 e. The Labute approximate surface area is 179 Å². The third kappa shape index (κ3) is 3.86. The molecule has 0 aliphatic carbocycles. The van der Waals surface area contributed by atoms with Gasteiger partial charge in [-0.2, -0.15) is 0 Å². The van der Waals surface area contributed by atoms with Crippen LogP contribution >= 0.6 is 0 Å². The fourth-order valence-corrected chi connectivity index (χ4v) is 3.74. The molecule has 0 radical (unpaired) electrons. The molecule has 1 fully saturated rings. The van der Waals surface area contributed by atoms with Gasteiger partial charge in [-0.1, -0.05) is 48.5 Å². The zero-order valence-electron chi connectivity index (χ0n) is 17.3. The second kappa shape index (κ2) is 7.83. The number of nitrogens with zero attached hydrogens (tertiary/aromatic N) is 2. The number of likely N-dealkylation sites (N-methyl/N-ethyl adjacent to an activating group) is 1. The van der Waals surface area contributed by atoms with Crippen molar-refractivity contribution in [3.05, 3.63) is 83.7 Å². The quantitative estimate of drug-likeness (QED) is 0.645. The van der Waals surface area contributed by atoms with E-state index in [2.05, 4.69) is 5.32 Å². The number of carbonyl (C=O) groups is 3. The van der Waals surface area contributed by atoms with Gasteiger partial charge in [0.1, 0.15) is 17.9 Å². The van der Waals surface area contributed by atoms with Crippen LogP contribution < -0.4 is 5.32 Å². The molecule has 1 unspecified atom stereocenters. The highest BCUT2D eigenvalue weighted by atomic mass is 19.1. The molecule has 0 bridgehead atoms. The first-order valence-corrected chi connectivity index (χ1v) is 9.90. The monoisotopic (exact) mass is 419 g/mol. The number of nitrogens with one attached hydrogen (secondary N) is 1. The van der Waals surface area contributed by atoms with Gasteiger partial charge in [-0.15, -0.1) is 0 Å². The summed E-state index contributed by atoms with van der Waals surface area (Å²) in [6, 6.07) is 18.5. The topological polar surface area (TPSA) is 69.7 Å². The predicted octanol–water partition coefficient (Wildman–Crippen LogP) is 3.40. The van der Waals surface area contributed by atoms with Gasteiger partial charge in [-0.05, 0) is 47.0 Å². The highest BCUT2D eigenvalue weighted by Gasteiger charge is 2.49. The molecular formula is C24H22FN3O3. The minimum atomic E-state index is -1.25. The fraction of sp³-hybridized carbons (Fsp3) is 0.208. The minimum absolute atomic E-state index is 0.241. The van der Waals surface area contributed by atoms with Crippen LogP contribution in [0.4, 0.5) is 9.18 Å². The SMILES string of the molecule is CN(Cc1ccc(F)cc1)C(=O)CN1C(=O)NC(C)(c2ccc3ccccc3c2)C1=O. The van der Waals surface area contributed by atoms with E-state index in [9.17, 15) is 18.8 Å². The van der Waals surface area contributed by atoms with Crippen molar-refractivity contribution in [2.45, 2.75) is 19.0 Å². The van der Waals surface area contributed by atoms with Crippen LogP contribution in [0.1, 0.15) is 18.1 Å². The Bertz CT molecular complexity index is 1180. The van der Waals surface area contributed by atoms with Gasteiger partial charge in [0.25, 0.3) is 5.91 Å². The molecule has 1 aliphatic rings. The average Bonchev–Trinajstić information content (AvgIpc) is 2.98. The summed E-state index contributed by atoms with van der Waals surface area (Å²) in [5, 5.41) is 4.72. The highest BCUT2D eigenvalue weighted by molar-refractivity contribution is 6.09. The molecule has 1 saturated heterocycles. The summed E-state index contributed by atoms with van der Waals surface area (Å²) in [5.74, 6) is -1.23. The third-order valence-electron chi connectivity index (χ3n) is 5.65. The molecule has 1 atom stereocenters. The van der Waals surface area contributed by atoms with Crippen LogP contribution in [-0.4, -0.2) is 41.2 Å². The van der Waals surface area contributed by atoms with E-state index >= 15 is 0 Å². The summed E-state index contributed by atoms with van der Waals surface area (Å²) in [7, 11) is 1.58. The van der Waals surface area contributed by atoms with Gasteiger partial charge in [-0.3, -0.25) is 14.5 Å². The molecule has 0 aromatic heterocycles. The maximum Gasteiger partial charge on any atom is 0.325 e. The highest BCUT2D eigenvalue weighted by Crippen LogP contribution is 2.31. The summed E-state index contributed by atoms with van der Waals surface area (Å²) >= 11 is 0. The molecule has 7 heteroatoms. The Hall–Kier alpha value is -3.74. The van der Waals surface area contributed by atoms with Gasteiger partial charge in [0.2, 0.25) is 5.91 Å². The van der Waals surface area contributed by atoms with Gasteiger partial charge >= 0.3 is 6.03 Å². The number of hydrogen-bond donors (Lipinski definition) is 1. The van der Waals surface area contributed by atoms with Crippen LogP contribution in [0, 0.1) is 5.82 Å². The van der Waals surface area contributed by atoms with Gasteiger partial charge in [0, 0.05) is 13.6 Å². The summed E-state index contributed by atoms with van der Waals surface area (Å²) in [4.78, 5) is 40.7. The second-order valence-electron chi connectivity index (χ2n) is 7.88. The van der Waals surface area contributed by atoms with Crippen molar-refractivity contribution in [2.75, 3.05) is 13.6 Å². The first-order valence-electron chi connectivity index (χ1n) is 9.90. The van der Waals surface area contributed by atoms with E-state index in [0.717, 1.165) is 21.2 Å². The van der Waals surface area contributed by atoms with Crippen LogP contribution in [0.15, 0.2) is 66.7 Å². The van der Waals surface area contributed by atoms with E-state index in [-0.39, 0.29) is 18.9 Å². The van der Waals surface area contributed by atoms with Crippen molar-refractivity contribution in [3.63, 3.8) is 0 Å². The van der Waals surface area contributed by atoms with E-state index in [1.165, 1.54) is 17.0 Å². The lowest BCUT2D eigenvalue weighted by molar-refractivity contribution is -0.138. The van der Waals surface area contributed by atoms with Crippen molar-refractivity contribution in [2.24, 2.45) is 0 Å². The number of rotatable bonds is 5. The van der Waals surface area contributed by atoms with Crippen molar-refractivity contribution < 1.29 is 18.8 Å². The zero-order chi connectivity index (χ0) is 22.2. The number of imide groups is 1. The molecule has 4 amide bonds. The molecule has 1 N–H and O–H groups in total. The summed E-state index contributed by atoms with van der Waals surface area (Å²) < 4.78 is 13.1. The van der Waals surface area contributed by atoms with Crippen LogP contribution in [-0.2, 0) is 21.7 Å². The van der Waals surface area contributed by atoms with Crippen LogP contribution in [0.25, 0.3) is 10.8 Å². The molecule has 0 spiro atoms. The molecule has 1 aliphatic heterocycles. The number of hydrogen-bond acceptors (Lipinski definition) is 3. The van der Waals surface area contributed by atoms with Gasteiger partial charge in [-0.25, -0.2) is 9.18 Å². The fourth-order valence-electron chi connectivity index (χ4n) is 3.74. The Kier molecular flexibility index (Phi) is 5.19. The normalized spacial score (nSPS) is 18.4. The molecule has 3 aromatic carbocycles. The average molecular weight is 419 g/mol. The smallest absolute Gasteiger partial charge is 0.325 e. The summed E-state index contributed by atoms with van der Waals surface area (Å²) in [6.45, 7) is 1.51. The van der Waals surface area contributed by atoms with E-state index in [4.69, 9.17) is 0 Å². The number of benzene rings is 3. The maximum atomic E-state index is 13.2. The van der Waals surface area contributed by atoms with Crippen molar-refractivity contribution in [1.82, 2.24) is 15.1 Å². The second-order valence-corrected chi connectivity index (χ2v) is 7.88. The maximum absolute atomic E-state index is 13.2. The molecule has 158 valence electrons. The molecule has 31 heavy (non-hydrogen) atoms. The largest absolute Gasteiger partial charge is 0.340 e. The number of carbonyl (C=O) groups excluding carboxylic acids is 3. The Morgan fingerprint density at radius 1 is 1.03 bits per heavy atom. The number of amides is 4. The van der Waals surface area contributed by atoms with Gasteiger partial charge in [0.05, 0.1) is 0 Å². The molecule has 3 aromatic rings. The van der Waals surface area contributed by atoms with Crippen LogP contribution in [0.2, 0.25) is 0 Å². The van der Waals surface area contributed by atoms with Crippen LogP contribution in [0.3, 0.4) is 0 Å². The zero-order valence-corrected chi connectivity index (χ0v) is 17.3. The summed E-state index contributed by atoms with van der Waals surface area (Å²) in [6.07, 6.45) is 0. The van der Waals surface area contributed by atoms with E-state index in [1.54, 1.807) is 26.1 Å². The van der Waals surface area contributed by atoms with Crippen molar-refractivity contribution in [3.8, 4) is 0 Å². The Morgan fingerprint density at radius 3 is 2.42 bits per heavy atom. The lowest BCUT2D eigenvalue weighted by Gasteiger charge is -2.23. The Balaban J connectivity index is 1.50. The summed E-state index contributed by atoms with van der Waals surface area (Å²) in [5.41, 5.74) is 0.145. The molecule has 4 rings (SSSR count). The number of fused-ring (bicyclic) bond motifs is 1. The molecule has 1 heterocycles. The van der Waals surface area contributed by atoms with Gasteiger partial charge in [0.15, 0.2) is 0 Å². The first kappa shape index (κ1) is 20.5. The molecule has 6 nitrogen and oxygen atoms in total. The van der Waals surface area contributed by atoms with Crippen molar-refractivity contribution in [1.29, 1.82) is 0 Å². The van der Waals surface area contributed by atoms with Crippen LogP contribution in [0.5, 0.6) is 0 Å². The van der Waals surface area contributed by atoms with Crippen molar-refractivity contribution >= 4 is 28.6 Å². The predicted molar refractivity (Wildman–Crippen MR) is 114 cm³/mol. The number of halogens is 1. The van der Waals surface area contributed by atoms with E-state index < -0.39 is 23.4 Å². The van der Waals surface area contributed by atoms with Gasteiger partial charge < -0.3 is 10.2 Å².